The van der Waals surface area contributed by atoms with Gasteiger partial charge in [-0.2, -0.15) is 0 Å². The third-order valence-electron chi connectivity index (χ3n) is 9.65. The number of alkyl halides is 2. The Balaban J connectivity index is 1.25. The molecule has 5 heterocycles. The summed E-state index contributed by atoms with van der Waals surface area (Å²) in [7, 11) is 0. The average Bonchev–Trinajstić information content (AvgIpc) is 3.70. The fourth-order valence-corrected chi connectivity index (χ4v) is 7.65. The summed E-state index contributed by atoms with van der Waals surface area (Å²) in [5.74, 6) is -1.73. The summed E-state index contributed by atoms with van der Waals surface area (Å²) < 4.78 is 38.6. The number of benzene rings is 1. The lowest BCUT2D eigenvalue weighted by Gasteiger charge is -2.53. The third kappa shape index (κ3) is 4.85. The van der Waals surface area contributed by atoms with Crippen molar-refractivity contribution in [2.24, 2.45) is 5.92 Å². The van der Waals surface area contributed by atoms with Crippen LogP contribution in [0.25, 0.3) is 16.8 Å². The molecule has 3 aliphatic rings. The Morgan fingerprint density at radius 3 is 2.64 bits per heavy atom. The molecule has 1 unspecified atom stereocenters. The summed E-state index contributed by atoms with van der Waals surface area (Å²) in [5.41, 5.74) is 4.81. The lowest BCUT2D eigenvalue weighted by atomic mass is 9.73. The summed E-state index contributed by atoms with van der Waals surface area (Å²) >= 11 is 6.22. The molecule has 42 heavy (non-hydrogen) atoms. The van der Waals surface area contributed by atoms with Crippen molar-refractivity contribution in [1.29, 1.82) is 0 Å². The van der Waals surface area contributed by atoms with Crippen molar-refractivity contribution >= 4 is 34.1 Å². The Morgan fingerprint density at radius 1 is 1.17 bits per heavy atom. The Morgan fingerprint density at radius 2 is 1.95 bits per heavy atom. The van der Waals surface area contributed by atoms with Gasteiger partial charge >= 0.3 is 0 Å². The number of ether oxygens (including phenoxy) is 1. The van der Waals surface area contributed by atoms with Crippen molar-refractivity contribution in [1.82, 2.24) is 29.0 Å². The number of fused-ring (bicyclic) bond motifs is 3. The molecule has 3 fully saturated rings. The van der Waals surface area contributed by atoms with E-state index in [-0.39, 0.29) is 43.0 Å². The van der Waals surface area contributed by atoms with E-state index in [1.807, 2.05) is 28.7 Å². The predicted molar refractivity (Wildman–Crippen MR) is 159 cm³/mol. The van der Waals surface area contributed by atoms with Gasteiger partial charge in [0.15, 0.2) is 5.65 Å². The first-order valence-corrected chi connectivity index (χ1v) is 15.6. The molecule has 4 aromatic rings. The number of nitrogens with zero attached hydrogens (tertiary/aromatic N) is 7. The summed E-state index contributed by atoms with van der Waals surface area (Å²) in [6.45, 7) is 9.54. The van der Waals surface area contributed by atoms with Gasteiger partial charge in [0.25, 0.3) is 0 Å². The van der Waals surface area contributed by atoms with Gasteiger partial charge in [-0.25, -0.2) is 13.8 Å². The lowest BCUT2D eigenvalue weighted by Crippen LogP contribution is -2.60. The van der Waals surface area contributed by atoms with E-state index in [1.165, 1.54) is 0 Å². The molecule has 11 heteroatoms. The molecule has 7 rings (SSSR count). The second kappa shape index (κ2) is 10.7. The number of halogens is 3. The fourth-order valence-electron chi connectivity index (χ4n) is 7.52. The topological polar surface area (TPSA) is 63.7 Å². The van der Waals surface area contributed by atoms with Crippen LogP contribution in [0.15, 0.2) is 36.7 Å². The zero-order valence-corrected chi connectivity index (χ0v) is 25.1. The Kier molecular flexibility index (Phi) is 7.14. The molecule has 1 aromatic carbocycles. The maximum Gasteiger partial charge on any atom is 0.248 e. The largest absolute Gasteiger partial charge is 0.376 e. The summed E-state index contributed by atoms with van der Waals surface area (Å²) in [5, 5.41) is 9.33. The van der Waals surface area contributed by atoms with Gasteiger partial charge in [0.05, 0.1) is 18.3 Å². The minimum atomic E-state index is -2.58. The van der Waals surface area contributed by atoms with Gasteiger partial charge in [-0.05, 0) is 56.7 Å². The molecule has 1 aliphatic carbocycles. The van der Waals surface area contributed by atoms with Crippen molar-refractivity contribution in [3.63, 3.8) is 0 Å². The first-order chi connectivity index (χ1) is 20.2. The number of anilines is 1. The van der Waals surface area contributed by atoms with Gasteiger partial charge in [-0.15, -0.1) is 10.2 Å². The fraction of sp³-hybridized carbons (Fsp3) is 0.581. The maximum atomic E-state index is 14.2. The maximum absolute atomic E-state index is 14.2. The van der Waals surface area contributed by atoms with Crippen LogP contribution >= 0.6 is 11.6 Å². The molecular formula is C31H38ClF2N7O. The van der Waals surface area contributed by atoms with Gasteiger partial charge in [0.2, 0.25) is 5.92 Å². The van der Waals surface area contributed by atoms with E-state index in [2.05, 4.69) is 51.4 Å². The van der Waals surface area contributed by atoms with E-state index in [0.717, 1.165) is 79.4 Å². The van der Waals surface area contributed by atoms with E-state index in [4.69, 9.17) is 21.3 Å². The highest BCUT2D eigenvalue weighted by molar-refractivity contribution is 6.30. The Labute approximate surface area is 249 Å². The zero-order chi connectivity index (χ0) is 29.2. The number of aromatic nitrogens is 5. The SMILES string of the molecule is CC[C@@H]1CN(c2cc3nncn3c3c2nc(C)n3C[C@@H]2CCCO2)[C@@H](C)CN1C(c1ccc(Cl)cc1)C1CC(F)(F)C1. The van der Waals surface area contributed by atoms with E-state index < -0.39 is 5.92 Å². The van der Waals surface area contributed by atoms with Crippen LogP contribution in [0.5, 0.6) is 0 Å². The zero-order valence-electron chi connectivity index (χ0n) is 24.4. The van der Waals surface area contributed by atoms with Crippen LogP contribution < -0.4 is 4.90 Å². The molecule has 3 aromatic heterocycles. The van der Waals surface area contributed by atoms with Crippen molar-refractivity contribution in [2.75, 3.05) is 24.6 Å². The molecule has 0 bridgehead atoms. The molecule has 2 aliphatic heterocycles. The summed E-state index contributed by atoms with van der Waals surface area (Å²) in [6.07, 6.45) is 4.82. The first-order valence-electron chi connectivity index (χ1n) is 15.2. The van der Waals surface area contributed by atoms with Gasteiger partial charge in [-0.3, -0.25) is 9.30 Å². The predicted octanol–water partition coefficient (Wildman–Crippen LogP) is 6.30. The van der Waals surface area contributed by atoms with Gasteiger partial charge in [-0.1, -0.05) is 30.7 Å². The Bertz CT molecular complexity index is 1570. The van der Waals surface area contributed by atoms with E-state index in [1.54, 1.807) is 6.33 Å². The lowest BCUT2D eigenvalue weighted by molar-refractivity contribution is -0.137. The minimum Gasteiger partial charge on any atom is -0.376 e. The monoisotopic (exact) mass is 597 g/mol. The van der Waals surface area contributed by atoms with Crippen molar-refractivity contribution < 1.29 is 13.5 Å². The molecule has 224 valence electrons. The second-order valence-electron chi connectivity index (χ2n) is 12.4. The van der Waals surface area contributed by atoms with Crippen LogP contribution in [-0.4, -0.2) is 72.9 Å². The van der Waals surface area contributed by atoms with Crippen LogP contribution in [0, 0.1) is 12.8 Å². The number of imidazole rings is 1. The molecule has 4 atom stereocenters. The number of hydrogen-bond acceptors (Lipinski definition) is 6. The molecule has 0 N–H and O–H groups in total. The Hall–Kier alpha value is -2.82. The van der Waals surface area contributed by atoms with E-state index >= 15 is 0 Å². The normalized spacial score (nSPS) is 25.9. The van der Waals surface area contributed by atoms with Gasteiger partial charge in [0, 0.05) is 61.8 Å². The first kappa shape index (κ1) is 28.0. The van der Waals surface area contributed by atoms with Crippen LogP contribution in [0.2, 0.25) is 5.02 Å². The van der Waals surface area contributed by atoms with Crippen LogP contribution in [0.4, 0.5) is 14.5 Å². The second-order valence-corrected chi connectivity index (χ2v) is 12.9. The highest BCUT2D eigenvalue weighted by Crippen LogP contribution is 2.51. The molecule has 1 saturated carbocycles. The summed E-state index contributed by atoms with van der Waals surface area (Å²) in [6, 6.07) is 10.1. The molecule has 0 radical (unpaired) electrons. The number of rotatable bonds is 7. The number of pyridine rings is 1. The van der Waals surface area contributed by atoms with Crippen LogP contribution in [-0.2, 0) is 11.3 Å². The van der Waals surface area contributed by atoms with Gasteiger partial charge in [0.1, 0.15) is 23.3 Å². The molecular weight excluding hydrogens is 560 g/mol. The smallest absolute Gasteiger partial charge is 0.248 e. The summed E-state index contributed by atoms with van der Waals surface area (Å²) in [4.78, 5) is 10.0. The molecule has 8 nitrogen and oxygen atoms in total. The van der Waals surface area contributed by atoms with Crippen LogP contribution in [0.3, 0.4) is 0 Å². The highest BCUT2D eigenvalue weighted by atomic mass is 35.5. The van der Waals surface area contributed by atoms with Crippen molar-refractivity contribution in [3.8, 4) is 0 Å². The van der Waals surface area contributed by atoms with Gasteiger partial charge < -0.3 is 14.2 Å². The quantitative estimate of drug-likeness (QED) is 0.249. The van der Waals surface area contributed by atoms with Crippen molar-refractivity contribution in [2.45, 2.75) is 89.6 Å². The minimum absolute atomic E-state index is 0.0725. The third-order valence-corrected chi connectivity index (χ3v) is 9.91. The molecule has 2 saturated heterocycles. The number of aryl methyl sites for hydroxylation is 1. The van der Waals surface area contributed by atoms with E-state index in [0.29, 0.717) is 5.02 Å². The van der Waals surface area contributed by atoms with Crippen molar-refractivity contribution in [3.05, 3.63) is 53.1 Å². The average molecular weight is 598 g/mol. The van der Waals surface area contributed by atoms with E-state index in [9.17, 15) is 8.78 Å². The van der Waals surface area contributed by atoms with Crippen LogP contribution in [0.1, 0.15) is 63.4 Å². The molecule has 0 amide bonds. The number of piperazine rings is 1. The standard InChI is InChI=1S/C31H38ClF2N7O/c1-4-24-16-38(19(2)15-40(24)29(22-13-31(33,34)14-22)21-7-9-23(32)10-8-21)26-12-27-37-35-18-41(27)30-28(26)36-20(3)39(30)17-25-6-5-11-42-25/h7-10,12,18-19,22,24-25,29H,4-6,11,13-17H2,1-3H3/t19-,24+,25-,29?/m0/s1. The number of hydrogen-bond donors (Lipinski definition) is 0. The highest BCUT2D eigenvalue weighted by Gasteiger charge is 2.51. The molecule has 0 spiro atoms.